The van der Waals surface area contributed by atoms with E-state index in [1.807, 2.05) is 24.3 Å². The Balaban J connectivity index is 1.48. The highest BCUT2D eigenvalue weighted by Gasteiger charge is 2.23. The van der Waals surface area contributed by atoms with E-state index >= 15 is 0 Å². The second-order valence-electron chi connectivity index (χ2n) is 7.49. The van der Waals surface area contributed by atoms with Crippen LogP contribution in [0.2, 0.25) is 0 Å². The first-order valence-corrected chi connectivity index (χ1v) is 10.2. The van der Waals surface area contributed by atoms with Gasteiger partial charge < -0.3 is 20.3 Å². The third kappa shape index (κ3) is 4.32. The summed E-state index contributed by atoms with van der Waals surface area (Å²) in [5.74, 6) is 1.47. The quantitative estimate of drug-likeness (QED) is 0.658. The number of morpholine rings is 1. The van der Waals surface area contributed by atoms with Gasteiger partial charge in [0.15, 0.2) is 0 Å². The molecular formula is C23H25N5O. The van der Waals surface area contributed by atoms with E-state index in [0.29, 0.717) is 12.0 Å². The van der Waals surface area contributed by atoms with Gasteiger partial charge in [0.25, 0.3) is 0 Å². The van der Waals surface area contributed by atoms with Gasteiger partial charge in [0.1, 0.15) is 5.82 Å². The fourth-order valence-electron chi connectivity index (χ4n) is 3.54. The van der Waals surface area contributed by atoms with Crippen LogP contribution in [0.15, 0.2) is 60.7 Å². The van der Waals surface area contributed by atoms with Gasteiger partial charge in [0.2, 0.25) is 5.95 Å². The molecule has 2 aromatic carbocycles. The monoisotopic (exact) mass is 387 g/mol. The van der Waals surface area contributed by atoms with E-state index in [9.17, 15) is 0 Å². The number of benzene rings is 2. The maximum atomic E-state index is 5.51. The van der Waals surface area contributed by atoms with Gasteiger partial charge in [-0.3, -0.25) is 0 Å². The third-order valence-corrected chi connectivity index (χ3v) is 5.22. The lowest BCUT2D eigenvalue weighted by molar-refractivity contribution is 0.123. The highest BCUT2D eigenvalue weighted by atomic mass is 16.5. The van der Waals surface area contributed by atoms with Gasteiger partial charge in [-0.2, -0.15) is 4.98 Å². The van der Waals surface area contributed by atoms with Crippen LogP contribution in [0.3, 0.4) is 0 Å². The van der Waals surface area contributed by atoms with Crippen molar-refractivity contribution in [3.63, 3.8) is 0 Å². The van der Waals surface area contributed by atoms with Crippen LogP contribution < -0.4 is 15.5 Å². The Morgan fingerprint density at radius 2 is 1.66 bits per heavy atom. The molecule has 6 heteroatoms. The highest BCUT2D eigenvalue weighted by Crippen LogP contribution is 2.31. The molecule has 2 N–H and O–H groups in total. The summed E-state index contributed by atoms with van der Waals surface area (Å²) in [4.78, 5) is 11.8. The maximum Gasteiger partial charge on any atom is 0.225 e. The number of aromatic nitrogens is 2. The second-order valence-corrected chi connectivity index (χ2v) is 7.49. The van der Waals surface area contributed by atoms with Crippen molar-refractivity contribution in [3.8, 4) is 11.3 Å². The number of nitrogens with zero attached hydrogens (tertiary/aromatic N) is 3. The van der Waals surface area contributed by atoms with Gasteiger partial charge in [0.05, 0.1) is 30.3 Å². The Kier molecular flexibility index (Phi) is 5.01. The number of ether oxygens (including phenoxy) is 1. The van der Waals surface area contributed by atoms with Gasteiger partial charge in [-0.05, 0) is 25.0 Å². The van der Waals surface area contributed by atoms with Gasteiger partial charge in [-0.1, -0.05) is 42.5 Å². The first kappa shape index (κ1) is 17.9. The van der Waals surface area contributed by atoms with E-state index in [4.69, 9.17) is 14.7 Å². The Morgan fingerprint density at radius 3 is 2.45 bits per heavy atom. The molecule has 148 valence electrons. The molecular weight excluding hydrogens is 362 g/mol. The number of nitrogens with one attached hydrogen (secondary N) is 2. The minimum absolute atomic E-state index is 0.495. The van der Waals surface area contributed by atoms with Crippen LogP contribution >= 0.6 is 0 Å². The second kappa shape index (κ2) is 8.09. The summed E-state index contributed by atoms with van der Waals surface area (Å²) in [6.45, 7) is 3.31. The lowest BCUT2D eigenvalue weighted by Crippen LogP contribution is -2.36. The molecule has 2 aliphatic rings. The van der Waals surface area contributed by atoms with E-state index in [1.54, 1.807) is 0 Å². The van der Waals surface area contributed by atoms with E-state index in [-0.39, 0.29) is 0 Å². The summed E-state index contributed by atoms with van der Waals surface area (Å²) in [5, 5.41) is 6.98. The van der Waals surface area contributed by atoms with Crippen LogP contribution in [-0.4, -0.2) is 42.3 Å². The number of hydrogen-bond donors (Lipinski definition) is 2. The van der Waals surface area contributed by atoms with Crippen molar-refractivity contribution in [2.24, 2.45) is 0 Å². The van der Waals surface area contributed by atoms with E-state index in [1.165, 1.54) is 18.5 Å². The largest absolute Gasteiger partial charge is 0.378 e. The van der Waals surface area contributed by atoms with Crippen LogP contribution in [-0.2, 0) is 4.74 Å². The topological polar surface area (TPSA) is 62.3 Å². The summed E-state index contributed by atoms with van der Waals surface area (Å²) in [5.41, 5.74) is 4.21. The molecule has 0 bridgehead atoms. The molecule has 1 saturated heterocycles. The van der Waals surface area contributed by atoms with Crippen LogP contribution in [0.1, 0.15) is 12.8 Å². The molecule has 1 aliphatic heterocycles. The molecule has 0 spiro atoms. The summed E-state index contributed by atoms with van der Waals surface area (Å²) in [6, 6.07) is 21.1. The third-order valence-electron chi connectivity index (χ3n) is 5.22. The summed E-state index contributed by atoms with van der Waals surface area (Å²) < 4.78 is 5.51. The maximum absolute atomic E-state index is 5.51. The van der Waals surface area contributed by atoms with Crippen LogP contribution in [0.25, 0.3) is 11.3 Å². The standard InChI is InChI=1S/C23H25N5O/c1-2-6-17(7-3-1)20-16-22(27-23(26-20)24-18-10-11-18)25-19-8-4-5-9-21(19)28-12-14-29-15-13-28/h1-9,16,18H,10-15H2,(H2,24,25,26,27). The fourth-order valence-corrected chi connectivity index (χ4v) is 3.54. The van der Waals surface area contributed by atoms with Crippen LogP contribution in [0.5, 0.6) is 0 Å². The predicted molar refractivity (Wildman–Crippen MR) is 117 cm³/mol. The van der Waals surface area contributed by atoms with Gasteiger partial charge in [-0.15, -0.1) is 0 Å². The van der Waals surface area contributed by atoms with Gasteiger partial charge in [-0.25, -0.2) is 4.98 Å². The molecule has 6 nitrogen and oxygen atoms in total. The van der Waals surface area contributed by atoms with E-state index in [2.05, 4.69) is 51.9 Å². The van der Waals surface area contributed by atoms with E-state index < -0.39 is 0 Å². The van der Waals surface area contributed by atoms with E-state index in [0.717, 1.165) is 49.1 Å². The molecule has 0 unspecified atom stereocenters. The number of anilines is 4. The molecule has 1 aliphatic carbocycles. The average Bonchev–Trinajstić information content (AvgIpc) is 3.59. The number of rotatable bonds is 6. The summed E-state index contributed by atoms with van der Waals surface area (Å²) in [6.07, 6.45) is 2.36. The van der Waals surface area contributed by atoms with Crippen molar-refractivity contribution in [1.29, 1.82) is 0 Å². The van der Waals surface area contributed by atoms with Crippen molar-refractivity contribution in [1.82, 2.24) is 9.97 Å². The lowest BCUT2D eigenvalue weighted by Gasteiger charge is -2.30. The fraction of sp³-hybridized carbons (Fsp3) is 0.304. The van der Waals surface area contributed by atoms with Gasteiger partial charge in [0, 0.05) is 30.8 Å². The first-order valence-electron chi connectivity index (χ1n) is 10.2. The zero-order valence-electron chi connectivity index (χ0n) is 16.3. The number of para-hydroxylation sites is 2. The molecule has 2 fully saturated rings. The van der Waals surface area contributed by atoms with Crippen LogP contribution in [0, 0.1) is 0 Å². The SMILES string of the molecule is c1ccc(-c2cc(Nc3ccccc3N3CCOCC3)nc(NC3CC3)n2)cc1. The van der Waals surface area contributed by atoms with Crippen molar-refractivity contribution in [2.75, 3.05) is 41.8 Å². The normalized spacial score (nSPS) is 16.5. The molecule has 1 saturated carbocycles. The minimum Gasteiger partial charge on any atom is -0.378 e. The Bertz CT molecular complexity index is 968. The molecule has 5 rings (SSSR count). The molecule has 29 heavy (non-hydrogen) atoms. The molecule has 2 heterocycles. The molecule has 0 radical (unpaired) electrons. The highest BCUT2D eigenvalue weighted by molar-refractivity contribution is 5.76. The average molecular weight is 387 g/mol. The lowest BCUT2D eigenvalue weighted by atomic mass is 10.1. The molecule has 0 atom stereocenters. The van der Waals surface area contributed by atoms with Crippen molar-refractivity contribution < 1.29 is 4.74 Å². The Labute approximate surface area is 171 Å². The summed E-state index contributed by atoms with van der Waals surface area (Å²) in [7, 11) is 0. The smallest absolute Gasteiger partial charge is 0.225 e. The van der Waals surface area contributed by atoms with Crippen molar-refractivity contribution >= 4 is 23.1 Å². The molecule has 1 aromatic heterocycles. The molecule has 3 aromatic rings. The van der Waals surface area contributed by atoms with Crippen LogP contribution in [0.4, 0.5) is 23.1 Å². The first-order chi connectivity index (χ1) is 14.3. The summed E-state index contributed by atoms with van der Waals surface area (Å²) >= 11 is 0. The zero-order chi connectivity index (χ0) is 19.5. The van der Waals surface area contributed by atoms with Crippen molar-refractivity contribution in [3.05, 3.63) is 60.7 Å². The van der Waals surface area contributed by atoms with Crippen molar-refractivity contribution in [2.45, 2.75) is 18.9 Å². The predicted octanol–water partition coefficient (Wildman–Crippen LogP) is 4.30. The number of hydrogen-bond acceptors (Lipinski definition) is 6. The zero-order valence-corrected chi connectivity index (χ0v) is 16.3. The minimum atomic E-state index is 0.495. The van der Waals surface area contributed by atoms with Gasteiger partial charge >= 0.3 is 0 Å². The Morgan fingerprint density at radius 1 is 0.897 bits per heavy atom. The Hall–Kier alpha value is -3.12. The molecule has 0 amide bonds.